The summed E-state index contributed by atoms with van der Waals surface area (Å²) in [6.45, 7) is 16.0. The summed E-state index contributed by atoms with van der Waals surface area (Å²) in [6.07, 6.45) is 12.3. The Kier molecular flexibility index (Phi) is 23.5. The number of carbonyl (C=O) groups excluding carboxylic acids is 3. The molecule has 0 saturated heterocycles. The van der Waals surface area contributed by atoms with Gasteiger partial charge in [0.15, 0.2) is 34.1 Å². The SMILES string of the molecule is CC(C)CCCCCOC(=O)S[P+](C)(SC(=O)OCCCCCC(C)C)SC(=O)OCCCCCC(C)C. The van der Waals surface area contributed by atoms with E-state index in [0.29, 0.717) is 37.6 Å². The van der Waals surface area contributed by atoms with Crippen molar-refractivity contribution in [3.63, 3.8) is 0 Å². The van der Waals surface area contributed by atoms with Crippen molar-refractivity contribution < 1.29 is 28.6 Å². The quantitative estimate of drug-likeness (QED) is 0.0543. The smallest absolute Gasteiger partial charge is 0.408 e. The maximum Gasteiger partial charge on any atom is 0.408 e. The van der Waals surface area contributed by atoms with E-state index in [4.69, 9.17) is 14.2 Å². The van der Waals surface area contributed by atoms with Crippen molar-refractivity contribution in [2.45, 2.75) is 119 Å². The molecule has 0 N–H and O–H groups in total. The van der Waals surface area contributed by atoms with Crippen molar-refractivity contribution in [2.75, 3.05) is 26.5 Å². The van der Waals surface area contributed by atoms with Crippen LogP contribution in [-0.2, 0) is 14.2 Å². The van der Waals surface area contributed by atoms with E-state index in [-0.39, 0.29) is 0 Å². The normalized spacial score (nSPS) is 11.8. The number of carbonyl (C=O) groups is 3. The molecule has 38 heavy (non-hydrogen) atoms. The summed E-state index contributed by atoms with van der Waals surface area (Å²) in [7, 11) is 0. The van der Waals surface area contributed by atoms with E-state index in [1.165, 1.54) is 19.3 Å². The molecule has 0 spiro atoms. The van der Waals surface area contributed by atoms with Crippen LogP contribution >= 0.6 is 39.0 Å². The van der Waals surface area contributed by atoms with Crippen molar-refractivity contribution in [1.82, 2.24) is 0 Å². The van der Waals surface area contributed by atoms with Crippen molar-refractivity contribution >= 4 is 54.9 Å². The summed E-state index contributed by atoms with van der Waals surface area (Å²) >= 11 is 2.84. The van der Waals surface area contributed by atoms with Crippen molar-refractivity contribution in [2.24, 2.45) is 17.8 Å². The molecular weight excluding hydrogens is 559 g/mol. The Bertz CT molecular complexity index is 562. The molecular formula is C28H54O6PS3+. The van der Waals surface area contributed by atoms with Gasteiger partial charge in [0.25, 0.3) is 0 Å². The summed E-state index contributed by atoms with van der Waals surface area (Å²) in [5.74, 6) is 2.02. The summed E-state index contributed by atoms with van der Waals surface area (Å²) < 4.78 is 16.3. The van der Waals surface area contributed by atoms with Crippen LogP contribution in [-0.4, -0.2) is 42.4 Å². The monoisotopic (exact) mass is 613 g/mol. The first-order chi connectivity index (χ1) is 17.9. The van der Waals surface area contributed by atoms with Crippen LogP contribution in [0.4, 0.5) is 14.4 Å². The van der Waals surface area contributed by atoms with Gasteiger partial charge in [-0.15, -0.1) is 0 Å². The summed E-state index contributed by atoms with van der Waals surface area (Å²) in [5.41, 5.74) is 0. The Balaban J connectivity index is 4.68. The van der Waals surface area contributed by atoms with E-state index in [1.54, 1.807) is 6.66 Å². The van der Waals surface area contributed by atoms with Crippen molar-refractivity contribution in [1.29, 1.82) is 0 Å². The van der Waals surface area contributed by atoms with Crippen LogP contribution in [0.2, 0.25) is 0 Å². The number of ether oxygens (including phenoxy) is 3. The van der Waals surface area contributed by atoms with E-state index in [1.807, 2.05) is 0 Å². The molecule has 0 bridgehead atoms. The van der Waals surface area contributed by atoms with E-state index in [2.05, 4.69) is 41.5 Å². The third-order valence-electron chi connectivity index (χ3n) is 5.66. The lowest BCUT2D eigenvalue weighted by Gasteiger charge is -2.15. The second kappa shape index (κ2) is 23.6. The lowest BCUT2D eigenvalue weighted by atomic mass is 10.1. The van der Waals surface area contributed by atoms with E-state index in [0.717, 1.165) is 91.9 Å². The molecule has 0 fully saturated rings. The zero-order chi connectivity index (χ0) is 28.8. The molecule has 0 radical (unpaired) electrons. The number of hydrogen-bond acceptors (Lipinski definition) is 9. The predicted octanol–water partition coefficient (Wildman–Crippen LogP) is 11.6. The van der Waals surface area contributed by atoms with Crippen LogP contribution in [0.15, 0.2) is 0 Å². The van der Waals surface area contributed by atoms with E-state index >= 15 is 0 Å². The highest BCUT2D eigenvalue weighted by Crippen LogP contribution is 2.86. The van der Waals surface area contributed by atoms with Gasteiger partial charge in [-0.2, -0.15) is 0 Å². The van der Waals surface area contributed by atoms with Gasteiger partial charge in [0.2, 0.25) is 4.87 Å². The minimum absolute atomic E-state index is 0.348. The highest BCUT2D eigenvalue weighted by atomic mass is 33.4. The summed E-state index contributed by atoms with van der Waals surface area (Å²) in [4.78, 5) is 35.2. The Labute approximate surface area is 245 Å². The molecule has 0 aliphatic carbocycles. The summed E-state index contributed by atoms with van der Waals surface area (Å²) in [5, 5.41) is -1.35. The number of hydrogen-bond donors (Lipinski definition) is 0. The molecule has 0 atom stereocenters. The van der Waals surface area contributed by atoms with Crippen LogP contribution < -0.4 is 0 Å². The fourth-order valence-electron chi connectivity index (χ4n) is 3.50. The summed E-state index contributed by atoms with van der Waals surface area (Å²) in [6, 6.07) is 0. The minimum Gasteiger partial charge on any atom is -0.455 e. The van der Waals surface area contributed by atoms with Crippen LogP contribution in [0, 0.1) is 17.8 Å². The zero-order valence-electron chi connectivity index (χ0n) is 25.0. The van der Waals surface area contributed by atoms with Crippen molar-refractivity contribution in [3.8, 4) is 0 Å². The van der Waals surface area contributed by atoms with Crippen LogP contribution in [0.3, 0.4) is 0 Å². The molecule has 0 heterocycles. The topological polar surface area (TPSA) is 78.9 Å². The Morgan fingerprint density at radius 2 is 0.763 bits per heavy atom. The highest BCUT2D eigenvalue weighted by molar-refractivity contribution is 9.23. The lowest BCUT2D eigenvalue weighted by molar-refractivity contribution is 0.172. The van der Waals surface area contributed by atoms with Crippen LogP contribution in [0.5, 0.6) is 0 Å². The maximum atomic E-state index is 12.6. The largest absolute Gasteiger partial charge is 0.455 e. The van der Waals surface area contributed by atoms with Crippen molar-refractivity contribution in [3.05, 3.63) is 0 Å². The van der Waals surface area contributed by atoms with Crippen LogP contribution in [0.25, 0.3) is 0 Å². The molecule has 0 amide bonds. The molecule has 0 aromatic heterocycles. The van der Waals surface area contributed by atoms with E-state index in [9.17, 15) is 14.4 Å². The zero-order valence-corrected chi connectivity index (χ0v) is 28.3. The Hall–Kier alpha value is -0.110. The second-order valence-electron chi connectivity index (χ2n) is 11.1. The molecule has 0 unspecified atom stereocenters. The molecule has 0 aromatic carbocycles. The van der Waals surface area contributed by atoms with Gasteiger partial charge in [0.1, 0.15) is 0 Å². The average molecular weight is 614 g/mol. The molecule has 0 aromatic rings. The van der Waals surface area contributed by atoms with Gasteiger partial charge in [-0.1, -0.05) is 99.3 Å². The second-order valence-corrected chi connectivity index (χ2v) is 24.5. The average Bonchev–Trinajstić information content (AvgIpc) is 2.79. The van der Waals surface area contributed by atoms with E-state index < -0.39 is 20.8 Å². The van der Waals surface area contributed by atoms with Gasteiger partial charge >= 0.3 is 15.9 Å². The standard InChI is InChI=1S/C28H54O6PS3/c1-23(2)17-11-8-14-20-32-26(29)36-35(7,37-27(30)33-21-15-9-12-18-24(3)4)38-28(31)34-22-16-10-13-19-25(5)6/h23-25H,8-22H2,1-7H3/q+1. The lowest BCUT2D eigenvalue weighted by Crippen LogP contribution is -2.05. The molecule has 0 rings (SSSR count). The first kappa shape index (κ1) is 37.9. The molecule has 224 valence electrons. The molecule has 0 aliphatic heterocycles. The third-order valence-corrected chi connectivity index (χ3v) is 15.8. The maximum absolute atomic E-state index is 12.6. The van der Waals surface area contributed by atoms with Crippen LogP contribution in [0.1, 0.15) is 119 Å². The number of rotatable bonds is 21. The van der Waals surface area contributed by atoms with Gasteiger partial charge < -0.3 is 14.2 Å². The molecule has 10 heteroatoms. The first-order valence-electron chi connectivity index (χ1n) is 14.4. The van der Waals surface area contributed by atoms with Gasteiger partial charge in [-0.25, -0.2) is 14.4 Å². The molecule has 6 nitrogen and oxygen atoms in total. The van der Waals surface area contributed by atoms with Gasteiger partial charge in [0, 0.05) is 0 Å². The van der Waals surface area contributed by atoms with Gasteiger partial charge in [-0.05, 0) is 37.0 Å². The highest BCUT2D eigenvalue weighted by Gasteiger charge is 2.49. The first-order valence-corrected chi connectivity index (χ1v) is 20.9. The number of unbranched alkanes of at least 4 members (excludes halogenated alkanes) is 6. The van der Waals surface area contributed by atoms with Gasteiger partial charge in [0.05, 0.1) is 26.5 Å². The van der Waals surface area contributed by atoms with Gasteiger partial charge in [-0.3, -0.25) is 0 Å². The molecule has 0 aliphatic rings. The fraction of sp³-hybridized carbons (Fsp3) is 0.893. The third kappa shape index (κ3) is 24.9. The molecule has 0 saturated carbocycles. The fourth-order valence-corrected chi connectivity index (χ4v) is 12.4. The predicted molar refractivity (Wildman–Crippen MR) is 170 cm³/mol. The minimum atomic E-state index is -2.53. The Morgan fingerprint density at radius 1 is 0.500 bits per heavy atom. The Morgan fingerprint density at radius 3 is 1.00 bits per heavy atom.